The molecule has 0 amide bonds. The van der Waals surface area contributed by atoms with Gasteiger partial charge in [0.1, 0.15) is 10.8 Å². The fourth-order valence-corrected chi connectivity index (χ4v) is 4.89. The number of anilines is 1. The van der Waals surface area contributed by atoms with Crippen LogP contribution < -0.4 is 4.72 Å². The monoisotopic (exact) mass is 398 g/mol. The van der Waals surface area contributed by atoms with Crippen LogP contribution in [0.1, 0.15) is 11.4 Å². The average Bonchev–Trinajstić information content (AvgIpc) is 3.20. The zero-order valence-electron chi connectivity index (χ0n) is 15.1. The molecule has 2 aromatic heterocycles. The van der Waals surface area contributed by atoms with Gasteiger partial charge in [-0.05, 0) is 49.7 Å². The minimum Gasteiger partial charge on any atom is -0.337 e. The highest BCUT2D eigenvalue weighted by Gasteiger charge is 2.19. The van der Waals surface area contributed by atoms with Gasteiger partial charge in [0.2, 0.25) is 0 Å². The summed E-state index contributed by atoms with van der Waals surface area (Å²) in [7, 11) is -1.97. The van der Waals surface area contributed by atoms with Crippen molar-refractivity contribution in [1.82, 2.24) is 14.5 Å². The van der Waals surface area contributed by atoms with Gasteiger partial charge in [0.05, 0.1) is 15.9 Å². The van der Waals surface area contributed by atoms with Gasteiger partial charge in [-0.25, -0.2) is 9.97 Å². The van der Waals surface area contributed by atoms with Gasteiger partial charge in [0.25, 0.3) is 10.0 Å². The highest BCUT2D eigenvalue weighted by Crippen LogP contribution is 2.32. The van der Waals surface area contributed by atoms with Gasteiger partial charge in [-0.3, -0.25) is 4.72 Å². The highest BCUT2D eigenvalue weighted by atomic mass is 32.2. The van der Waals surface area contributed by atoms with Gasteiger partial charge in [-0.2, -0.15) is 8.42 Å². The Kier molecular flexibility index (Phi) is 4.24. The minimum absolute atomic E-state index is 0.0112. The summed E-state index contributed by atoms with van der Waals surface area (Å²) in [6, 6.07) is 13.6. The molecule has 8 heteroatoms. The number of aromatic nitrogens is 3. The Morgan fingerprint density at radius 2 is 1.85 bits per heavy atom. The molecule has 0 aliphatic carbocycles. The molecule has 0 radical (unpaired) electrons. The molecular formula is C19H18N4O2S2. The molecule has 0 atom stereocenters. The van der Waals surface area contributed by atoms with Crippen molar-refractivity contribution in [2.45, 2.75) is 18.9 Å². The summed E-state index contributed by atoms with van der Waals surface area (Å²) in [5.41, 5.74) is 3.28. The van der Waals surface area contributed by atoms with Crippen LogP contribution in [0, 0.1) is 13.8 Å². The SMILES string of the molecule is Cc1cc(-c2nc3ccccc3s2)ccc1NS(=O)(=O)c1cn(C)c(C)n1. The molecule has 6 nitrogen and oxygen atoms in total. The number of sulfonamides is 1. The quantitative estimate of drug-likeness (QED) is 0.561. The number of nitrogens with one attached hydrogen (secondary N) is 1. The molecule has 2 aromatic carbocycles. The molecule has 2 heterocycles. The zero-order chi connectivity index (χ0) is 19.2. The van der Waals surface area contributed by atoms with Crippen molar-refractivity contribution in [3.8, 4) is 10.6 Å². The molecular weight excluding hydrogens is 380 g/mol. The van der Waals surface area contributed by atoms with E-state index in [2.05, 4.69) is 14.7 Å². The number of para-hydroxylation sites is 1. The summed E-state index contributed by atoms with van der Waals surface area (Å²) in [6.45, 7) is 3.63. The summed E-state index contributed by atoms with van der Waals surface area (Å²) in [5, 5.41) is 0.922. The second kappa shape index (κ2) is 6.47. The van der Waals surface area contributed by atoms with E-state index in [1.165, 1.54) is 6.20 Å². The normalized spacial score (nSPS) is 11.8. The lowest BCUT2D eigenvalue weighted by Gasteiger charge is -2.10. The van der Waals surface area contributed by atoms with Crippen LogP contribution in [-0.2, 0) is 17.1 Å². The summed E-state index contributed by atoms with van der Waals surface area (Å²) in [5.74, 6) is 0.637. The van der Waals surface area contributed by atoms with Gasteiger partial charge in [0, 0.05) is 18.8 Å². The number of fused-ring (bicyclic) bond motifs is 1. The molecule has 0 unspecified atom stereocenters. The summed E-state index contributed by atoms with van der Waals surface area (Å²) in [6.07, 6.45) is 1.50. The van der Waals surface area contributed by atoms with Crippen molar-refractivity contribution >= 4 is 37.3 Å². The van der Waals surface area contributed by atoms with Gasteiger partial charge < -0.3 is 4.57 Å². The van der Waals surface area contributed by atoms with Crippen molar-refractivity contribution in [2.24, 2.45) is 7.05 Å². The molecule has 138 valence electrons. The number of hydrogen-bond donors (Lipinski definition) is 1. The van der Waals surface area contributed by atoms with Crippen LogP contribution in [0.5, 0.6) is 0 Å². The third-order valence-corrected chi connectivity index (χ3v) is 6.69. The van der Waals surface area contributed by atoms with Crippen LogP contribution >= 0.6 is 11.3 Å². The van der Waals surface area contributed by atoms with E-state index in [0.29, 0.717) is 11.5 Å². The maximum Gasteiger partial charge on any atom is 0.280 e. The zero-order valence-corrected chi connectivity index (χ0v) is 16.7. The summed E-state index contributed by atoms with van der Waals surface area (Å²) in [4.78, 5) is 8.76. The second-order valence-electron chi connectivity index (χ2n) is 6.36. The first-order valence-corrected chi connectivity index (χ1v) is 10.6. The minimum atomic E-state index is -3.73. The average molecular weight is 399 g/mol. The van der Waals surface area contributed by atoms with E-state index in [0.717, 1.165) is 26.4 Å². The number of imidazole rings is 1. The maximum atomic E-state index is 12.6. The highest BCUT2D eigenvalue weighted by molar-refractivity contribution is 7.92. The van der Waals surface area contributed by atoms with Crippen molar-refractivity contribution in [1.29, 1.82) is 0 Å². The van der Waals surface area contributed by atoms with E-state index in [-0.39, 0.29) is 5.03 Å². The number of nitrogens with zero attached hydrogens (tertiary/aromatic N) is 3. The Balaban J connectivity index is 1.65. The molecule has 27 heavy (non-hydrogen) atoms. The fraction of sp³-hybridized carbons (Fsp3) is 0.158. The molecule has 1 N–H and O–H groups in total. The Labute approximate surface area is 161 Å². The van der Waals surface area contributed by atoms with E-state index in [1.54, 1.807) is 35.9 Å². The second-order valence-corrected chi connectivity index (χ2v) is 9.02. The first kappa shape index (κ1) is 17.7. The van der Waals surface area contributed by atoms with Crippen LogP contribution in [0.3, 0.4) is 0 Å². The number of thiazole rings is 1. The number of benzene rings is 2. The Morgan fingerprint density at radius 3 is 2.52 bits per heavy atom. The van der Waals surface area contributed by atoms with E-state index >= 15 is 0 Å². The first-order chi connectivity index (χ1) is 12.8. The third kappa shape index (κ3) is 3.33. The molecule has 0 saturated carbocycles. The molecule has 0 bridgehead atoms. The number of rotatable bonds is 4. The maximum absolute atomic E-state index is 12.6. The predicted molar refractivity (Wildman–Crippen MR) is 109 cm³/mol. The molecule has 0 aliphatic heterocycles. The molecule has 4 rings (SSSR count). The fourth-order valence-electron chi connectivity index (χ4n) is 2.76. The third-order valence-electron chi connectivity index (χ3n) is 4.37. The lowest BCUT2D eigenvalue weighted by atomic mass is 10.1. The van der Waals surface area contributed by atoms with Crippen LogP contribution in [0.15, 0.2) is 53.7 Å². The topological polar surface area (TPSA) is 76.9 Å². The largest absolute Gasteiger partial charge is 0.337 e. The van der Waals surface area contributed by atoms with Gasteiger partial charge in [0.15, 0.2) is 5.03 Å². The van der Waals surface area contributed by atoms with Crippen LogP contribution in [0.4, 0.5) is 5.69 Å². The molecule has 4 aromatic rings. The van der Waals surface area contributed by atoms with E-state index < -0.39 is 10.0 Å². The molecule has 0 spiro atoms. The Hall–Kier alpha value is -2.71. The van der Waals surface area contributed by atoms with Crippen LogP contribution in [0.2, 0.25) is 0 Å². The lowest BCUT2D eigenvalue weighted by Crippen LogP contribution is -2.14. The van der Waals surface area contributed by atoms with Crippen LogP contribution in [0.25, 0.3) is 20.8 Å². The smallest absolute Gasteiger partial charge is 0.280 e. The van der Waals surface area contributed by atoms with Crippen LogP contribution in [-0.4, -0.2) is 23.0 Å². The predicted octanol–water partition coefficient (Wildman–Crippen LogP) is 4.11. The van der Waals surface area contributed by atoms with Crippen molar-refractivity contribution in [2.75, 3.05) is 4.72 Å². The molecule has 0 fully saturated rings. The van der Waals surface area contributed by atoms with E-state index in [1.807, 2.05) is 43.3 Å². The van der Waals surface area contributed by atoms with E-state index in [9.17, 15) is 8.42 Å². The standard InChI is InChI=1S/C19H18N4O2S2/c1-12-10-14(19-21-16-6-4-5-7-17(16)26-19)8-9-15(12)22-27(24,25)18-11-23(3)13(2)20-18/h4-11,22H,1-3H3. The molecule has 0 saturated heterocycles. The summed E-state index contributed by atoms with van der Waals surface area (Å²) >= 11 is 1.62. The summed E-state index contributed by atoms with van der Waals surface area (Å²) < 4.78 is 30.6. The number of hydrogen-bond acceptors (Lipinski definition) is 5. The van der Waals surface area contributed by atoms with E-state index in [4.69, 9.17) is 0 Å². The first-order valence-electron chi connectivity index (χ1n) is 8.33. The van der Waals surface area contributed by atoms with Crippen molar-refractivity contribution < 1.29 is 8.42 Å². The van der Waals surface area contributed by atoms with Gasteiger partial charge in [-0.15, -0.1) is 11.3 Å². The Bertz CT molecular complexity index is 1200. The van der Waals surface area contributed by atoms with Gasteiger partial charge >= 0.3 is 0 Å². The Morgan fingerprint density at radius 1 is 1.07 bits per heavy atom. The van der Waals surface area contributed by atoms with Gasteiger partial charge in [-0.1, -0.05) is 12.1 Å². The van der Waals surface area contributed by atoms with Crippen molar-refractivity contribution in [3.05, 3.63) is 60.0 Å². The molecule has 0 aliphatic rings. The number of aryl methyl sites for hydroxylation is 3. The lowest BCUT2D eigenvalue weighted by molar-refractivity contribution is 0.598. The van der Waals surface area contributed by atoms with Crippen molar-refractivity contribution in [3.63, 3.8) is 0 Å².